The molecule has 1 aromatic rings. The molecule has 0 radical (unpaired) electrons. The summed E-state index contributed by atoms with van der Waals surface area (Å²) in [5, 5.41) is 9.58. The number of pyridine rings is 1. The van der Waals surface area contributed by atoms with E-state index < -0.39 is 18.1 Å². The van der Waals surface area contributed by atoms with Crippen LogP contribution in [0.15, 0.2) is 40.9 Å². The van der Waals surface area contributed by atoms with Gasteiger partial charge in [0.1, 0.15) is 23.9 Å². The second kappa shape index (κ2) is 7.22. The van der Waals surface area contributed by atoms with Gasteiger partial charge in [0.25, 0.3) is 5.91 Å². The number of carbonyl (C=O) groups excluding carboxylic acids is 2. The first-order chi connectivity index (χ1) is 12.0. The Labute approximate surface area is 175 Å². The van der Waals surface area contributed by atoms with Crippen molar-refractivity contribution in [2.75, 3.05) is 12.3 Å². The summed E-state index contributed by atoms with van der Waals surface area (Å²) in [7, 11) is 0. The van der Waals surface area contributed by atoms with E-state index in [9.17, 15) is 19.5 Å². The third kappa shape index (κ3) is 2.92. The minimum atomic E-state index is -1.20. The van der Waals surface area contributed by atoms with Crippen molar-refractivity contribution in [2.45, 2.75) is 30.0 Å². The Morgan fingerprint density at radius 2 is 2.08 bits per heavy atom. The molecule has 2 fully saturated rings. The number of aromatic nitrogens is 1. The van der Waals surface area contributed by atoms with Gasteiger partial charge >= 0.3 is 35.5 Å². The summed E-state index contributed by atoms with van der Waals surface area (Å²) in [4.78, 5) is 43.5. The molecule has 132 valence electrons. The van der Waals surface area contributed by atoms with Crippen LogP contribution in [0.1, 0.15) is 6.92 Å². The normalized spacial score (nSPS) is 25.9. The number of hydrogen-bond donors (Lipinski definition) is 1. The van der Waals surface area contributed by atoms with Gasteiger partial charge in [-0.15, -0.1) is 11.8 Å². The molecule has 3 aliphatic heterocycles. The van der Waals surface area contributed by atoms with Crippen molar-refractivity contribution in [3.63, 3.8) is 0 Å². The summed E-state index contributed by atoms with van der Waals surface area (Å²) in [5.74, 6) is -1.22. The molecule has 3 aliphatic rings. The van der Waals surface area contributed by atoms with E-state index in [4.69, 9.17) is 4.74 Å². The van der Waals surface area contributed by atoms with Crippen LogP contribution in [0.5, 0.6) is 0 Å². The van der Waals surface area contributed by atoms with Crippen LogP contribution >= 0.6 is 11.8 Å². The van der Waals surface area contributed by atoms with E-state index in [1.807, 2.05) is 12.1 Å². The zero-order valence-electron chi connectivity index (χ0n) is 13.3. The Kier molecular flexibility index (Phi) is 5.34. The third-order valence-corrected chi connectivity index (χ3v) is 5.64. The number of thioether (sulfide) groups is 1. The Balaban J connectivity index is 0.00000196. The van der Waals surface area contributed by atoms with Gasteiger partial charge in [-0.25, -0.2) is 4.79 Å². The molecule has 0 spiro atoms. The van der Waals surface area contributed by atoms with Crippen molar-refractivity contribution in [3.05, 3.63) is 36.0 Å². The average molecular weight is 385 g/mol. The van der Waals surface area contributed by atoms with E-state index >= 15 is 0 Å². The Morgan fingerprint density at radius 1 is 1.38 bits per heavy atom. The summed E-state index contributed by atoms with van der Waals surface area (Å²) < 4.78 is 5.91. The zero-order valence-corrected chi connectivity index (χ0v) is 14.1. The van der Waals surface area contributed by atoms with Crippen molar-refractivity contribution in [2.24, 2.45) is 0 Å². The summed E-state index contributed by atoms with van der Waals surface area (Å²) >= 11 is 1.41. The summed E-state index contributed by atoms with van der Waals surface area (Å²) in [6.07, 6.45) is 2.91. The fourth-order valence-electron chi connectivity index (χ4n) is 3.57. The molecule has 1 aromatic heterocycles. The second-order valence-corrected chi connectivity index (χ2v) is 7.07. The number of carbonyl (C=O) groups is 3. The molecule has 8 nitrogen and oxygen atoms in total. The fraction of sp³-hybridized carbons (Fsp3) is 0.375. The van der Waals surface area contributed by atoms with Crippen LogP contribution in [-0.2, 0) is 19.1 Å². The van der Waals surface area contributed by atoms with E-state index in [-0.39, 0.29) is 64.7 Å². The van der Waals surface area contributed by atoms with Crippen molar-refractivity contribution in [1.29, 1.82) is 0 Å². The molecular weight excluding hydrogens is 369 g/mol. The van der Waals surface area contributed by atoms with Gasteiger partial charge < -0.3 is 14.7 Å². The number of carboxylic acid groups (broad SMARTS) is 1. The Morgan fingerprint density at radius 3 is 2.69 bits per heavy atom. The Hall–Kier alpha value is -1.55. The van der Waals surface area contributed by atoms with Crippen LogP contribution in [-0.4, -0.2) is 97.7 Å². The first-order valence-electron chi connectivity index (χ1n) is 7.75. The van der Waals surface area contributed by atoms with Gasteiger partial charge in [-0.3, -0.25) is 19.5 Å². The van der Waals surface area contributed by atoms with E-state index in [0.29, 0.717) is 6.54 Å². The average Bonchev–Trinajstić information content (AvgIpc) is 2.96. The van der Waals surface area contributed by atoms with Crippen LogP contribution in [0.2, 0.25) is 0 Å². The van der Waals surface area contributed by atoms with Crippen LogP contribution in [0, 0.1) is 0 Å². The number of rotatable bonds is 4. The van der Waals surface area contributed by atoms with Gasteiger partial charge in [0, 0.05) is 24.2 Å². The third-order valence-electron chi connectivity index (χ3n) is 4.63. The van der Waals surface area contributed by atoms with E-state index in [1.165, 1.54) is 28.5 Å². The standard InChI is InChI=1S/C16H15N3O5S.Na.H/c1-8(20)18-6-10-12-14(18)15(21)19(12)13(16(22)23)11(24-10)7-25-9-2-4-17-5-3-9;;/h2-5,10,12,14H,6-7H2,1H3,(H,22,23);;/t10-,12-,14+;;/m1../s1. The number of carboxylic acids is 1. The molecule has 2 amide bonds. The molecule has 26 heavy (non-hydrogen) atoms. The van der Waals surface area contributed by atoms with Crippen LogP contribution in [0.3, 0.4) is 0 Å². The molecule has 0 aliphatic carbocycles. The molecule has 4 heterocycles. The molecule has 0 aromatic carbocycles. The number of nitrogens with zero attached hydrogens (tertiary/aromatic N) is 3. The fourth-order valence-corrected chi connectivity index (χ4v) is 4.39. The number of likely N-dealkylation sites (tertiary alicyclic amines) is 1. The van der Waals surface area contributed by atoms with Crippen LogP contribution < -0.4 is 0 Å². The SMILES string of the molecule is CC(=O)N1C[C@H]2OC(CSc3ccncc3)=C(C(=O)O)N3C(=O)[C@@H]1[C@@H]23.[NaH]. The predicted molar refractivity (Wildman–Crippen MR) is 93.5 cm³/mol. The molecule has 0 bridgehead atoms. The van der Waals surface area contributed by atoms with Crippen molar-refractivity contribution < 1.29 is 24.2 Å². The topological polar surface area (TPSA) is 100 Å². The maximum atomic E-state index is 12.5. The first-order valence-corrected chi connectivity index (χ1v) is 8.74. The Bertz CT molecular complexity index is 802. The summed E-state index contributed by atoms with van der Waals surface area (Å²) in [6.45, 7) is 1.70. The molecule has 1 N–H and O–H groups in total. The molecular formula is C16H16N3NaO5S. The van der Waals surface area contributed by atoms with Crippen molar-refractivity contribution >= 4 is 59.1 Å². The number of amides is 2. The number of aliphatic carboxylic acids is 1. The molecule has 0 unspecified atom stereocenters. The first kappa shape index (κ1) is 19.2. The van der Waals surface area contributed by atoms with Crippen LogP contribution in [0.4, 0.5) is 0 Å². The number of hydrogen-bond acceptors (Lipinski definition) is 6. The van der Waals surface area contributed by atoms with Gasteiger partial charge in [0.15, 0.2) is 5.70 Å². The van der Waals surface area contributed by atoms with Gasteiger partial charge in [-0.1, -0.05) is 0 Å². The molecule has 2 saturated heterocycles. The summed E-state index contributed by atoms with van der Waals surface area (Å²) in [5.41, 5.74) is -0.116. The number of ether oxygens (including phenoxy) is 1. The second-order valence-electron chi connectivity index (χ2n) is 6.02. The molecule has 10 heteroatoms. The minimum absolute atomic E-state index is 0. The maximum absolute atomic E-state index is 12.5. The van der Waals surface area contributed by atoms with Crippen LogP contribution in [0.25, 0.3) is 0 Å². The molecule has 3 atom stereocenters. The van der Waals surface area contributed by atoms with Gasteiger partial charge in [-0.2, -0.15) is 0 Å². The van der Waals surface area contributed by atoms with Gasteiger partial charge in [0.05, 0.1) is 12.3 Å². The van der Waals surface area contributed by atoms with E-state index in [1.54, 1.807) is 12.4 Å². The van der Waals surface area contributed by atoms with E-state index in [2.05, 4.69) is 4.98 Å². The predicted octanol–water partition coefficient (Wildman–Crippen LogP) is -0.338. The van der Waals surface area contributed by atoms with Gasteiger partial charge in [0.2, 0.25) is 5.91 Å². The monoisotopic (exact) mass is 385 g/mol. The van der Waals surface area contributed by atoms with Crippen molar-refractivity contribution in [3.8, 4) is 0 Å². The van der Waals surface area contributed by atoms with Gasteiger partial charge in [-0.05, 0) is 12.1 Å². The number of β-lactam (4-membered cyclic amide) rings is 1. The van der Waals surface area contributed by atoms with E-state index in [0.717, 1.165) is 4.90 Å². The molecule has 4 rings (SSSR count). The molecule has 0 saturated carbocycles. The summed E-state index contributed by atoms with van der Waals surface area (Å²) in [6, 6.07) is 2.62. The van der Waals surface area contributed by atoms with Crippen molar-refractivity contribution in [1.82, 2.24) is 14.8 Å². The quantitative estimate of drug-likeness (QED) is 0.430. The zero-order chi connectivity index (χ0) is 17.7.